The minimum Gasteiger partial charge on any atom is -0.443 e. The maximum atomic E-state index is 11.1. The molecule has 0 saturated heterocycles. The third-order valence-corrected chi connectivity index (χ3v) is 2.80. The molecule has 128 valence electrons. The fraction of sp³-hybridized carbons (Fsp3) is 0.562. The van der Waals surface area contributed by atoms with E-state index >= 15 is 0 Å². The summed E-state index contributed by atoms with van der Waals surface area (Å²) in [6.07, 6.45) is -1.62. The summed E-state index contributed by atoms with van der Waals surface area (Å²) in [5, 5.41) is 12.3. The molecule has 0 aromatic carbocycles. The molecule has 0 bridgehead atoms. The molecule has 7 heteroatoms. The standard InChI is InChI=1S/C10H19NO4.C6H5NS/c1-9(2,3)14-7(12)11-8(13)15-10(4,5)6;1-5-2-6(3-7)8-4-5/h1-6H3,(H,11,12,13);2,4H,1H3. The van der Waals surface area contributed by atoms with Gasteiger partial charge in [0.1, 0.15) is 22.1 Å². The SMILES string of the molecule is CC(C)(C)OC(=O)NC(=O)OC(C)(C)C.Cc1csc(C#N)c1. The average Bonchev–Trinajstić information content (AvgIpc) is 2.70. The molecule has 1 N–H and O–H groups in total. The Kier molecular flexibility index (Phi) is 7.77. The van der Waals surface area contributed by atoms with Gasteiger partial charge in [0.2, 0.25) is 0 Å². The zero-order valence-electron chi connectivity index (χ0n) is 14.6. The van der Waals surface area contributed by atoms with Crippen LogP contribution in [0.15, 0.2) is 11.4 Å². The van der Waals surface area contributed by atoms with Crippen molar-refractivity contribution in [3.63, 3.8) is 0 Å². The fourth-order valence-electron chi connectivity index (χ4n) is 1.18. The van der Waals surface area contributed by atoms with Crippen LogP contribution in [0.4, 0.5) is 9.59 Å². The average molecular weight is 340 g/mol. The number of hydrogen-bond acceptors (Lipinski definition) is 6. The number of nitrogens with one attached hydrogen (secondary N) is 1. The van der Waals surface area contributed by atoms with Crippen LogP contribution in [0.5, 0.6) is 0 Å². The van der Waals surface area contributed by atoms with Crippen molar-refractivity contribution in [3.05, 3.63) is 21.9 Å². The molecule has 0 radical (unpaired) electrons. The van der Waals surface area contributed by atoms with Crippen LogP contribution in [-0.4, -0.2) is 23.4 Å². The molecule has 1 rings (SSSR count). The Balaban J connectivity index is 0.000000502. The molecule has 0 unspecified atom stereocenters. The predicted molar refractivity (Wildman–Crippen MR) is 89.4 cm³/mol. The number of thiophene rings is 1. The Morgan fingerprint density at radius 1 is 1.09 bits per heavy atom. The van der Waals surface area contributed by atoms with Gasteiger partial charge in [-0.3, -0.25) is 0 Å². The van der Waals surface area contributed by atoms with E-state index in [1.807, 2.05) is 23.7 Å². The van der Waals surface area contributed by atoms with Crippen LogP contribution in [0, 0.1) is 18.3 Å². The second-order valence-electron chi connectivity index (χ2n) is 6.73. The number of hydrogen-bond donors (Lipinski definition) is 1. The maximum Gasteiger partial charge on any atom is 0.417 e. The van der Waals surface area contributed by atoms with Gasteiger partial charge in [0.05, 0.1) is 0 Å². The van der Waals surface area contributed by atoms with E-state index in [4.69, 9.17) is 14.7 Å². The second-order valence-corrected chi connectivity index (χ2v) is 7.64. The van der Waals surface area contributed by atoms with Crippen LogP contribution in [0.1, 0.15) is 52.0 Å². The number of imide groups is 1. The number of alkyl carbamates (subject to hydrolysis) is 2. The van der Waals surface area contributed by atoms with Crippen LogP contribution >= 0.6 is 11.3 Å². The number of rotatable bonds is 0. The largest absolute Gasteiger partial charge is 0.443 e. The molecule has 0 spiro atoms. The van der Waals surface area contributed by atoms with E-state index in [9.17, 15) is 9.59 Å². The van der Waals surface area contributed by atoms with Crippen LogP contribution in [0.3, 0.4) is 0 Å². The lowest BCUT2D eigenvalue weighted by molar-refractivity contribution is 0.0353. The van der Waals surface area contributed by atoms with E-state index in [0.29, 0.717) is 0 Å². The zero-order chi connectivity index (χ0) is 18.3. The van der Waals surface area contributed by atoms with Gasteiger partial charge in [-0.1, -0.05) is 0 Å². The number of amides is 2. The number of ether oxygens (including phenoxy) is 2. The van der Waals surface area contributed by atoms with Gasteiger partial charge in [-0.2, -0.15) is 5.26 Å². The van der Waals surface area contributed by atoms with E-state index in [2.05, 4.69) is 6.07 Å². The minimum absolute atomic E-state index is 0.633. The van der Waals surface area contributed by atoms with Crippen molar-refractivity contribution < 1.29 is 19.1 Å². The topological polar surface area (TPSA) is 88.4 Å². The predicted octanol–water partition coefficient (Wildman–Crippen LogP) is 4.37. The molecule has 1 heterocycles. The monoisotopic (exact) mass is 340 g/mol. The molecule has 0 aliphatic rings. The van der Waals surface area contributed by atoms with Crippen molar-refractivity contribution in [3.8, 4) is 6.07 Å². The molecule has 0 saturated carbocycles. The highest BCUT2D eigenvalue weighted by Crippen LogP contribution is 2.11. The number of nitriles is 1. The van der Waals surface area contributed by atoms with E-state index in [-0.39, 0.29) is 0 Å². The van der Waals surface area contributed by atoms with Crippen molar-refractivity contribution in [1.82, 2.24) is 5.32 Å². The molecule has 6 nitrogen and oxygen atoms in total. The third kappa shape index (κ3) is 12.2. The van der Waals surface area contributed by atoms with Crippen molar-refractivity contribution in [2.45, 2.75) is 59.7 Å². The van der Waals surface area contributed by atoms with Crippen LogP contribution in [-0.2, 0) is 9.47 Å². The van der Waals surface area contributed by atoms with Gasteiger partial charge >= 0.3 is 12.2 Å². The van der Waals surface area contributed by atoms with E-state index in [0.717, 1.165) is 4.88 Å². The van der Waals surface area contributed by atoms with Gasteiger partial charge in [-0.05, 0) is 65.5 Å². The Bertz CT molecular complexity index is 548. The van der Waals surface area contributed by atoms with Crippen molar-refractivity contribution in [2.75, 3.05) is 0 Å². The molecule has 0 aliphatic heterocycles. The quantitative estimate of drug-likeness (QED) is 0.757. The lowest BCUT2D eigenvalue weighted by Crippen LogP contribution is -2.39. The van der Waals surface area contributed by atoms with Gasteiger partial charge in [-0.15, -0.1) is 11.3 Å². The molecular formula is C16H24N2O4S. The summed E-state index contributed by atoms with van der Waals surface area (Å²) in [7, 11) is 0. The van der Waals surface area contributed by atoms with Crippen LogP contribution in [0.2, 0.25) is 0 Å². The van der Waals surface area contributed by atoms with E-state index in [1.165, 1.54) is 16.9 Å². The van der Waals surface area contributed by atoms with E-state index in [1.54, 1.807) is 41.5 Å². The lowest BCUT2D eigenvalue weighted by atomic mass is 10.2. The third-order valence-electron chi connectivity index (χ3n) is 1.84. The first-order chi connectivity index (χ1) is 10.3. The second kappa shape index (κ2) is 8.53. The van der Waals surface area contributed by atoms with Crippen molar-refractivity contribution in [1.29, 1.82) is 5.26 Å². The first kappa shape index (κ1) is 20.9. The molecule has 0 fully saturated rings. The summed E-state index contributed by atoms with van der Waals surface area (Å²) in [5.41, 5.74) is -0.0930. The maximum absolute atomic E-state index is 11.1. The highest BCUT2D eigenvalue weighted by atomic mass is 32.1. The number of nitrogens with zero attached hydrogens (tertiary/aromatic N) is 1. The normalized spacial score (nSPS) is 10.7. The molecule has 1 aromatic rings. The molecule has 1 aromatic heterocycles. The smallest absolute Gasteiger partial charge is 0.417 e. The molecule has 23 heavy (non-hydrogen) atoms. The Morgan fingerprint density at radius 3 is 1.74 bits per heavy atom. The van der Waals surface area contributed by atoms with Crippen LogP contribution in [0.25, 0.3) is 0 Å². The summed E-state index contributed by atoms with van der Waals surface area (Å²) in [5.74, 6) is 0. The Hall–Kier alpha value is -2.07. The summed E-state index contributed by atoms with van der Waals surface area (Å²) in [4.78, 5) is 23.0. The van der Waals surface area contributed by atoms with Gasteiger partial charge in [-0.25, -0.2) is 14.9 Å². The van der Waals surface area contributed by atoms with Gasteiger partial charge in [0, 0.05) is 0 Å². The van der Waals surface area contributed by atoms with Crippen molar-refractivity contribution in [2.24, 2.45) is 0 Å². The van der Waals surface area contributed by atoms with Gasteiger partial charge in [0.15, 0.2) is 0 Å². The van der Waals surface area contributed by atoms with Crippen molar-refractivity contribution >= 4 is 23.5 Å². The molecule has 0 atom stereocenters. The molecule has 2 amide bonds. The Labute approximate surface area is 141 Å². The Morgan fingerprint density at radius 2 is 1.52 bits per heavy atom. The number of carbonyl (C=O) groups excluding carboxylic acids is 2. The summed E-state index contributed by atoms with van der Waals surface area (Å²) < 4.78 is 9.74. The summed E-state index contributed by atoms with van der Waals surface area (Å²) in [6.45, 7) is 12.2. The van der Waals surface area contributed by atoms with Gasteiger partial charge in [0.25, 0.3) is 0 Å². The molecule has 0 aliphatic carbocycles. The first-order valence-corrected chi connectivity index (χ1v) is 7.88. The summed E-state index contributed by atoms with van der Waals surface area (Å²) >= 11 is 1.49. The number of carbonyl (C=O) groups is 2. The number of aryl methyl sites for hydroxylation is 1. The lowest BCUT2D eigenvalue weighted by Gasteiger charge is -2.21. The minimum atomic E-state index is -0.809. The van der Waals surface area contributed by atoms with Crippen LogP contribution < -0.4 is 5.32 Å². The highest BCUT2D eigenvalue weighted by Gasteiger charge is 2.21. The fourth-order valence-corrected chi connectivity index (χ4v) is 1.87. The van der Waals surface area contributed by atoms with Gasteiger partial charge < -0.3 is 9.47 Å². The first-order valence-electron chi connectivity index (χ1n) is 7.00. The summed E-state index contributed by atoms with van der Waals surface area (Å²) in [6, 6.07) is 3.95. The zero-order valence-corrected chi connectivity index (χ0v) is 15.5. The van der Waals surface area contributed by atoms with E-state index < -0.39 is 23.4 Å². The highest BCUT2D eigenvalue weighted by molar-refractivity contribution is 7.10. The molecular weight excluding hydrogens is 316 g/mol.